The Morgan fingerprint density at radius 1 is 1.44 bits per heavy atom. The fraction of sp³-hybridized carbons (Fsp3) is 0.538. The average molecular weight is 239 g/mol. The van der Waals surface area contributed by atoms with E-state index in [-0.39, 0.29) is 11.9 Å². The average Bonchev–Trinajstić information content (AvgIpc) is 2.27. The van der Waals surface area contributed by atoms with E-state index in [1.807, 2.05) is 24.9 Å². The van der Waals surface area contributed by atoms with Gasteiger partial charge < -0.3 is 5.32 Å². The zero-order valence-electron chi connectivity index (χ0n) is 9.96. The van der Waals surface area contributed by atoms with Crippen molar-refractivity contribution in [3.63, 3.8) is 0 Å². The Balaban J connectivity index is 2.41. The molecule has 1 heterocycles. The molecule has 0 radical (unpaired) electrons. The molecule has 1 aliphatic rings. The van der Waals surface area contributed by atoms with E-state index < -0.39 is 0 Å². The van der Waals surface area contributed by atoms with Crippen molar-refractivity contribution < 1.29 is 4.39 Å². The third kappa shape index (κ3) is 1.98. The van der Waals surface area contributed by atoms with Gasteiger partial charge in [-0.2, -0.15) is 11.8 Å². The first-order valence-electron chi connectivity index (χ1n) is 5.71. The number of halogens is 1. The van der Waals surface area contributed by atoms with Gasteiger partial charge in [-0.25, -0.2) is 4.39 Å². The molecule has 2 atom stereocenters. The second-order valence-corrected chi connectivity index (χ2v) is 5.76. The monoisotopic (exact) mass is 239 g/mol. The first kappa shape index (κ1) is 11.9. The van der Waals surface area contributed by atoms with Gasteiger partial charge in [0.2, 0.25) is 0 Å². The standard InChI is InChI=1S/C13H18FNS/c1-8(2)13-12(15-3)9-5-4-6-11(14)10(9)7-16-13/h4-6,8,12-13,15H,7H2,1-3H3. The quantitative estimate of drug-likeness (QED) is 0.849. The first-order chi connectivity index (χ1) is 7.65. The number of rotatable bonds is 2. The normalized spacial score (nSPS) is 24.6. The summed E-state index contributed by atoms with van der Waals surface area (Å²) in [5.74, 6) is 1.33. The minimum absolute atomic E-state index is 0.0625. The van der Waals surface area contributed by atoms with Crippen LogP contribution < -0.4 is 5.32 Å². The van der Waals surface area contributed by atoms with Gasteiger partial charge >= 0.3 is 0 Å². The van der Waals surface area contributed by atoms with Crippen LogP contribution in [-0.4, -0.2) is 12.3 Å². The third-order valence-corrected chi connectivity index (χ3v) is 4.86. The SMILES string of the molecule is CNC1c2cccc(F)c2CSC1C(C)C. The molecule has 88 valence electrons. The van der Waals surface area contributed by atoms with E-state index in [2.05, 4.69) is 25.2 Å². The Hall–Kier alpha value is -0.540. The van der Waals surface area contributed by atoms with E-state index in [0.29, 0.717) is 11.2 Å². The molecule has 2 unspecified atom stereocenters. The molecule has 1 aromatic rings. The Morgan fingerprint density at radius 3 is 2.81 bits per heavy atom. The van der Waals surface area contributed by atoms with Crippen molar-refractivity contribution in [1.82, 2.24) is 5.32 Å². The Kier molecular flexibility index (Phi) is 3.55. The molecule has 0 aromatic heterocycles. The lowest BCUT2D eigenvalue weighted by molar-refractivity contribution is 0.461. The van der Waals surface area contributed by atoms with Gasteiger partial charge in [0.25, 0.3) is 0 Å². The first-order valence-corrected chi connectivity index (χ1v) is 6.76. The molecule has 2 rings (SSSR count). The largest absolute Gasteiger partial charge is 0.312 e. The van der Waals surface area contributed by atoms with E-state index in [9.17, 15) is 4.39 Å². The Morgan fingerprint density at radius 2 is 2.19 bits per heavy atom. The van der Waals surface area contributed by atoms with Gasteiger partial charge in [-0.1, -0.05) is 26.0 Å². The van der Waals surface area contributed by atoms with Crippen molar-refractivity contribution >= 4 is 11.8 Å². The molecule has 16 heavy (non-hydrogen) atoms. The predicted molar refractivity (Wildman–Crippen MR) is 68.1 cm³/mol. The maximum Gasteiger partial charge on any atom is 0.127 e. The zero-order valence-corrected chi connectivity index (χ0v) is 10.8. The van der Waals surface area contributed by atoms with Crippen LogP contribution in [0.5, 0.6) is 0 Å². The highest BCUT2D eigenvalue weighted by Crippen LogP contribution is 2.41. The number of fused-ring (bicyclic) bond motifs is 1. The highest BCUT2D eigenvalue weighted by molar-refractivity contribution is 7.99. The fourth-order valence-electron chi connectivity index (χ4n) is 2.37. The summed E-state index contributed by atoms with van der Waals surface area (Å²) in [4.78, 5) is 0. The number of benzene rings is 1. The molecule has 3 heteroatoms. The van der Waals surface area contributed by atoms with Crippen LogP contribution in [0.1, 0.15) is 31.0 Å². The van der Waals surface area contributed by atoms with Crippen LogP contribution in [0, 0.1) is 11.7 Å². The summed E-state index contributed by atoms with van der Waals surface area (Å²) in [5.41, 5.74) is 2.02. The van der Waals surface area contributed by atoms with Crippen molar-refractivity contribution in [3.8, 4) is 0 Å². The van der Waals surface area contributed by atoms with Crippen LogP contribution in [0.15, 0.2) is 18.2 Å². The van der Waals surface area contributed by atoms with Crippen molar-refractivity contribution in [2.45, 2.75) is 30.9 Å². The van der Waals surface area contributed by atoms with Crippen LogP contribution >= 0.6 is 11.8 Å². The fourth-order valence-corrected chi connectivity index (χ4v) is 3.89. The molecule has 0 aliphatic carbocycles. The van der Waals surface area contributed by atoms with Gasteiger partial charge in [0.05, 0.1) is 0 Å². The number of hydrogen-bond acceptors (Lipinski definition) is 2. The molecule has 1 aromatic carbocycles. The number of hydrogen-bond donors (Lipinski definition) is 1. The predicted octanol–water partition coefficient (Wildman–Crippen LogP) is 3.36. The molecular weight excluding hydrogens is 221 g/mol. The third-order valence-electron chi connectivity index (χ3n) is 3.21. The number of nitrogens with one attached hydrogen (secondary N) is 1. The summed E-state index contributed by atoms with van der Waals surface area (Å²) in [6, 6.07) is 5.69. The molecule has 0 amide bonds. The van der Waals surface area contributed by atoms with Gasteiger partial charge in [0.15, 0.2) is 0 Å². The summed E-state index contributed by atoms with van der Waals surface area (Å²) in [5, 5.41) is 3.86. The van der Waals surface area contributed by atoms with Crippen molar-refractivity contribution in [1.29, 1.82) is 0 Å². The van der Waals surface area contributed by atoms with Gasteiger partial charge in [-0.15, -0.1) is 0 Å². The molecule has 1 N–H and O–H groups in total. The summed E-state index contributed by atoms with van der Waals surface area (Å²) < 4.78 is 13.7. The molecule has 0 saturated heterocycles. The number of thioether (sulfide) groups is 1. The van der Waals surface area contributed by atoms with Crippen LogP contribution in [0.3, 0.4) is 0 Å². The lowest BCUT2D eigenvalue weighted by atomic mass is 9.92. The van der Waals surface area contributed by atoms with E-state index >= 15 is 0 Å². The summed E-state index contributed by atoms with van der Waals surface area (Å²) in [6.07, 6.45) is 0. The van der Waals surface area contributed by atoms with Gasteiger partial charge in [0, 0.05) is 22.6 Å². The van der Waals surface area contributed by atoms with Crippen molar-refractivity contribution in [3.05, 3.63) is 35.1 Å². The molecule has 1 nitrogen and oxygen atoms in total. The second-order valence-electron chi connectivity index (χ2n) is 4.59. The van der Waals surface area contributed by atoms with E-state index in [1.54, 1.807) is 6.07 Å². The summed E-state index contributed by atoms with van der Waals surface area (Å²) in [6.45, 7) is 4.46. The molecule has 0 saturated carbocycles. The Labute approximate surface area is 101 Å². The lowest BCUT2D eigenvalue weighted by Gasteiger charge is -2.35. The van der Waals surface area contributed by atoms with Gasteiger partial charge in [-0.3, -0.25) is 0 Å². The van der Waals surface area contributed by atoms with Crippen LogP contribution in [0.4, 0.5) is 4.39 Å². The van der Waals surface area contributed by atoms with Crippen molar-refractivity contribution in [2.24, 2.45) is 5.92 Å². The van der Waals surface area contributed by atoms with E-state index in [1.165, 1.54) is 0 Å². The molecule has 0 bridgehead atoms. The highest BCUT2D eigenvalue weighted by Gasteiger charge is 2.32. The molecule has 0 fully saturated rings. The van der Waals surface area contributed by atoms with E-state index in [4.69, 9.17) is 0 Å². The van der Waals surface area contributed by atoms with Gasteiger partial charge in [0.1, 0.15) is 5.82 Å². The van der Waals surface area contributed by atoms with Gasteiger partial charge in [-0.05, 0) is 24.6 Å². The maximum atomic E-state index is 13.7. The smallest absolute Gasteiger partial charge is 0.127 e. The Bertz CT molecular complexity index is 378. The highest BCUT2D eigenvalue weighted by atomic mass is 32.2. The van der Waals surface area contributed by atoms with E-state index in [0.717, 1.165) is 16.9 Å². The summed E-state index contributed by atoms with van der Waals surface area (Å²) in [7, 11) is 1.96. The van der Waals surface area contributed by atoms with Crippen LogP contribution in [-0.2, 0) is 5.75 Å². The minimum Gasteiger partial charge on any atom is -0.312 e. The van der Waals surface area contributed by atoms with Crippen LogP contribution in [0.2, 0.25) is 0 Å². The van der Waals surface area contributed by atoms with Crippen LogP contribution in [0.25, 0.3) is 0 Å². The lowest BCUT2D eigenvalue weighted by Crippen LogP contribution is -2.34. The zero-order chi connectivity index (χ0) is 11.7. The molecule has 0 spiro atoms. The second kappa shape index (κ2) is 4.76. The van der Waals surface area contributed by atoms with Crippen molar-refractivity contribution in [2.75, 3.05) is 7.05 Å². The minimum atomic E-state index is -0.0625. The topological polar surface area (TPSA) is 12.0 Å². The summed E-state index contributed by atoms with van der Waals surface area (Å²) >= 11 is 1.86. The molecular formula is C13H18FNS. The maximum absolute atomic E-state index is 13.7. The molecule has 1 aliphatic heterocycles.